The lowest BCUT2D eigenvalue weighted by molar-refractivity contribution is -0.121. The van der Waals surface area contributed by atoms with Gasteiger partial charge in [0.15, 0.2) is 0 Å². The molecule has 0 aliphatic heterocycles. The molecule has 0 spiro atoms. The predicted octanol–water partition coefficient (Wildman–Crippen LogP) is 3.06. The van der Waals surface area contributed by atoms with Crippen molar-refractivity contribution in [3.8, 4) is 0 Å². The number of nitrogens with zero attached hydrogens (tertiary/aromatic N) is 1. The minimum absolute atomic E-state index is 0.112. The Morgan fingerprint density at radius 1 is 1.19 bits per heavy atom. The molecule has 1 heterocycles. The quantitative estimate of drug-likeness (QED) is 0.852. The summed E-state index contributed by atoms with van der Waals surface area (Å²) in [7, 11) is 4.10. The number of carbonyl (C=O) groups excluding carboxylic acids is 1. The number of nitrogens with one attached hydrogen (secondary N) is 1. The number of rotatable bonds is 7. The van der Waals surface area contributed by atoms with Gasteiger partial charge in [0.1, 0.15) is 0 Å². The van der Waals surface area contributed by atoms with Crippen LogP contribution in [0.4, 0.5) is 0 Å². The predicted molar refractivity (Wildman–Crippen MR) is 88.3 cm³/mol. The van der Waals surface area contributed by atoms with E-state index in [2.05, 4.69) is 47.9 Å². The van der Waals surface area contributed by atoms with Crippen molar-refractivity contribution < 1.29 is 4.79 Å². The zero-order valence-corrected chi connectivity index (χ0v) is 13.5. The molecule has 0 aliphatic carbocycles. The van der Waals surface area contributed by atoms with Crippen molar-refractivity contribution >= 4 is 17.2 Å². The monoisotopic (exact) mass is 302 g/mol. The zero-order valence-electron chi connectivity index (χ0n) is 12.6. The fourth-order valence-electron chi connectivity index (χ4n) is 2.20. The Morgan fingerprint density at radius 3 is 2.62 bits per heavy atom. The van der Waals surface area contributed by atoms with E-state index < -0.39 is 0 Å². The highest BCUT2D eigenvalue weighted by atomic mass is 32.1. The van der Waals surface area contributed by atoms with Gasteiger partial charge >= 0.3 is 0 Å². The first-order chi connectivity index (χ1) is 10.1. The Labute approximate surface area is 130 Å². The number of benzene rings is 1. The number of carbonyl (C=O) groups is 1. The van der Waals surface area contributed by atoms with Crippen LogP contribution in [-0.2, 0) is 24.3 Å². The Bertz CT molecular complexity index is 564. The Balaban J connectivity index is 1.83. The van der Waals surface area contributed by atoms with Crippen molar-refractivity contribution in [3.05, 3.63) is 57.8 Å². The lowest BCUT2D eigenvalue weighted by Crippen LogP contribution is -2.24. The normalized spacial score (nSPS) is 10.8. The highest BCUT2D eigenvalue weighted by molar-refractivity contribution is 7.07. The summed E-state index contributed by atoms with van der Waals surface area (Å²) in [4.78, 5) is 14.1. The maximum Gasteiger partial charge on any atom is 0.220 e. The molecule has 0 aliphatic rings. The summed E-state index contributed by atoms with van der Waals surface area (Å²) in [5.74, 6) is 0.112. The number of amides is 1. The van der Waals surface area contributed by atoms with Crippen molar-refractivity contribution in [1.82, 2.24) is 10.2 Å². The van der Waals surface area contributed by atoms with E-state index in [0.717, 1.165) is 13.0 Å². The Hall–Kier alpha value is -1.65. The van der Waals surface area contributed by atoms with Gasteiger partial charge in [-0.25, -0.2) is 0 Å². The van der Waals surface area contributed by atoms with Crippen LogP contribution < -0.4 is 5.32 Å². The van der Waals surface area contributed by atoms with Crippen LogP contribution >= 0.6 is 11.3 Å². The summed E-state index contributed by atoms with van der Waals surface area (Å²) in [5, 5.41) is 7.16. The summed E-state index contributed by atoms with van der Waals surface area (Å²) >= 11 is 1.67. The highest BCUT2D eigenvalue weighted by Crippen LogP contribution is 2.11. The van der Waals surface area contributed by atoms with Gasteiger partial charge in [0.2, 0.25) is 5.91 Å². The highest BCUT2D eigenvalue weighted by Gasteiger charge is 2.06. The average molecular weight is 302 g/mol. The van der Waals surface area contributed by atoms with Crippen molar-refractivity contribution in [2.75, 3.05) is 14.1 Å². The smallest absolute Gasteiger partial charge is 0.220 e. The fraction of sp³-hybridized carbons (Fsp3) is 0.353. The van der Waals surface area contributed by atoms with E-state index in [1.165, 1.54) is 16.7 Å². The molecular weight excluding hydrogens is 280 g/mol. The van der Waals surface area contributed by atoms with E-state index in [1.807, 2.05) is 17.5 Å². The molecule has 4 heteroatoms. The van der Waals surface area contributed by atoms with Gasteiger partial charge in [-0.2, -0.15) is 11.3 Å². The first-order valence-electron chi connectivity index (χ1n) is 7.14. The third-order valence-electron chi connectivity index (χ3n) is 3.30. The molecule has 0 saturated heterocycles. The van der Waals surface area contributed by atoms with Gasteiger partial charge < -0.3 is 10.2 Å². The largest absolute Gasteiger partial charge is 0.352 e. The van der Waals surface area contributed by atoms with Crippen LogP contribution in [0.3, 0.4) is 0 Å². The average Bonchev–Trinajstić information content (AvgIpc) is 2.97. The molecule has 0 unspecified atom stereocenters. The minimum Gasteiger partial charge on any atom is -0.352 e. The number of aryl methyl sites for hydroxylation is 1. The van der Waals surface area contributed by atoms with Gasteiger partial charge in [0.05, 0.1) is 0 Å². The van der Waals surface area contributed by atoms with Crippen LogP contribution in [0, 0.1) is 0 Å². The molecule has 1 aromatic carbocycles. The van der Waals surface area contributed by atoms with Crippen LogP contribution in [0.15, 0.2) is 41.1 Å². The van der Waals surface area contributed by atoms with E-state index in [9.17, 15) is 4.79 Å². The molecule has 0 atom stereocenters. The van der Waals surface area contributed by atoms with E-state index in [4.69, 9.17) is 0 Å². The molecule has 1 N–H and O–H groups in total. The van der Waals surface area contributed by atoms with Crippen LogP contribution in [-0.4, -0.2) is 24.9 Å². The molecule has 1 aromatic heterocycles. The maximum absolute atomic E-state index is 11.9. The second-order valence-electron chi connectivity index (χ2n) is 5.41. The number of thiophene rings is 1. The van der Waals surface area contributed by atoms with Crippen LogP contribution in [0.5, 0.6) is 0 Å². The van der Waals surface area contributed by atoms with E-state index in [1.54, 1.807) is 11.3 Å². The molecule has 3 nitrogen and oxygen atoms in total. The molecule has 2 aromatic rings. The van der Waals surface area contributed by atoms with Crippen molar-refractivity contribution in [2.45, 2.75) is 25.9 Å². The molecule has 2 rings (SSSR count). The number of hydrogen-bond acceptors (Lipinski definition) is 3. The minimum atomic E-state index is 0.112. The Kier molecular flexibility index (Phi) is 5.96. The first-order valence-corrected chi connectivity index (χ1v) is 8.08. The molecular formula is C17H22N2OS. The molecule has 0 bridgehead atoms. The zero-order chi connectivity index (χ0) is 15.1. The lowest BCUT2D eigenvalue weighted by atomic mass is 10.1. The van der Waals surface area contributed by atoms with Crippen LogP contribution in [0.25, 0.3) is 0 Å². The first kappa shape index (κ1) is 15.7. The summed E-state index contributed by atoms with van der Waals surface area (Å²) in [6.45, 7) is 1.49. The van der Waals surface area contributed by atoms with Gasteiger partial charge in [-0.15, -0.1) is 0 Å². The standard InChI is InChI=1S/C17H22N2OS/c1-19(2)12-16-6-4-3-5-15(16)11-18-17(20)8-7-14-9-10-21-13-14/h3-6,9-10,13H,7-8,11-12H2,1-2H3,(H,18,20). The molecule has 21 heavy (non-hydrogen) atoms. The van der Waals surface area contributed by atoms with Crippen LogP contribution in [0.2, 0.25) is 0 Å². The molecule has 0 fully saturated rings. The van der Waals surface area contributed by atoms with E-state index >= 15 is 0 Å². The van der Waals surface area contributed by atoms with E-state index in [0.29, 0.717) is 13.0 Å². The summed E-state index contributed by atoms with van der Waals surface area (Å²) in [6, 6.07) is 10.3. The van der Waals surface area contributed by atoms with Gasteiger partial charge in [-0.3, -0.25) is 4.79 Å². The van der Waals surface area contributed by atoms with Crippen LogP contribution in [0.1, 0.15) is 23.1 Å². The second kappa shape index (κ2) is 7.96. The molecule has 112 valence electrons. The second-order valence-corrected chi connectivity index (χ2v) is 6.19. The maximum atomic E-state index is 11.9. The third kappa shape index (κ3) is 5.33. The van der Waals surface area contributed by atoms with Gasteiger partial charge in [-0.1, -0.05) is 24.3 Å². The summed E-state index contributed by atoms with van der Waals surface area (Å²) in [6.07, 6.45) is 1.36. The SMILES string of the molecule is CN(C)Cc1ccccc1CNC(=O)CCc1ccsc1. The fourth-order valence-corrected chi connectivity index (χ4v) is 2.90. The topological polar surface area (TPSA) is 32.3 Å². The van der Waals surface area contributed by atoms with Crippen molar-refractivity contribution in [1.29, 1.82) is 0 Å². The molecule has 0 radical (unpaired) electrons. The van der Waals surface area contributed by atoms with Gasteiger partial charge in [-0.05, 0) is 54.0 Å². The van der Waals surface area contributed by atoms with Crippen molar-refractivity contribution in [3.63, 3.8) is 0 Å². The summed E-state index contributed by atoms with van der Waals surface area (Å²) in [5.41, 5.74) is 3.69. The van der Waals surface area contributed by atoms with Crippen molar-refractivity contribution in [2.24, 2.45) is 0 Å². The summed E-state index contributed by atoms with van der Waals surface area (Å²) < 4.78 is 0. The van der Waals surface area contributed by atoms with E-state index in [-0.39, 0.29) is 5.91 Å². The van der Waals surface area contributed by atoms with Gasteiger partial charge in [0, 0.05) is 19.5 Å². The molecule has 0 saturated carbocycles. The molecule has 1 amide bonds. The Morgan fingerprint density at radius 2 is 1.95 bits per heavy atom. The third-order valence-corrected chi connectivity index (χ3v) is 4.03. The number of hydrogen-bond donors (Lipinski definition) is 1. The lowest BCUT2D eigenvalue weighted by Gasteiger charge is -2.14. The van der Waals surface area contributed by atoms with Gasteiger partial charge in [0.25, 0.3) is 0 Å².